The lowest BCUT2D eigenvalue weighted by Gasteiger charge is -2.27. The molecule has 0 aliphatic carbocycles. The van der Waals surface area contributed by atoms with Gasteiger partial charge in [0, 0.05) is 11.1 Å². The van der Waals surface area contributed by atoms with Gasteiger partial charge >= 0.3 is 0 Å². The van der Waals surface area contributed by atoms with E-state index in [2.05, 4.69) is 5.32 Å². The van der Waals surface area contributed by atoms with Gasteiger partial charge in [-0.3, -0.25) is 9.10 Å². The summed E-state index contributed by atoms with van der Waals surface area (Å²) in [5.74, 6) is -0.963. The van der Waals surface area contributed by atoms with Gasteiger partial charge in [0.05, 0.1) is 10.6 Å². The largest absolute Gasteiger partial charge is 0.325 e. The number of halogens is 1. The van der Waals surface area contributed by atoms with Crippen LogP contribution in [0.5, 0.6) is 0 Å². The van der Waals surface area contributed by atoms with Gasteiger partial charge in [-0.2, -0.15) is 0 Å². The SMILES string of the molecule is Cc1cccc(N(CC(=O)Nc2ccc(F)cc2)S(=O)(=O)c2cccc3ccccc23)c1C. The molecule has 4 aromatic carbocycles. The standard InChI is InChI=1S/C26H23FN2O3S/c1-18-7-5-11-24(19(18)2)29(17-26(30)28-22-15-13-21(27)14-16-22)33(31,32)25-12-6-9-20-8-3-4-10-23(20)25/h3-16H,17H2,1-2H3,(H,28,30). The van der Waals surface area contributed by atoms with Crippen molar-refractivity contribution in [3.63, 3.8) is 0 Å². The molecule has 0 atom stereocenters. The zero-order valence-electron chi connectivity index (χ0n) is 18.2. The Morgan fingerprint density at radius 1 is 0.879 bits per heavy atom. The number of fused-ring (bicyclic) bond motifs is 1. The number of nitrogens with one attached hydrogen (secondary N) is 1. The van der Waals surface area contributed by atoms with E-state index in [1.54, 1.807) is 36.4 Å². The number of amides is 1. The molecule has 0 heterocycles. The molecular weight excluding hydrogens is 439 g/mol. The second-order valence-electron chi connectivity index (χ2n) is 7.76. The highest BCUT2D eigenvalue weighted by Gasteiger charge is 2.30. The van der Waals surface area contributed by atoms with Crippen LogP contribution >= 0.6 is 0 Å². The van der Waals surface area contributed by atoms with Crippen LogP contribution in [0.4, 0.5) is 15.8 Å². The fraction of sp³-hybridized carbons (Fsp3) is 0.115. The van der Waals surface area contributed by atoms with Gasteiger partial charge in [0.2, 0.25) is 5.91 Å². The van der Waals surface area contributed by atoms with Gasteiger partial charge in [-0.1, -0.05) is 48.5 Å². The first-order valence-electron chi connectivity index (χ1n) is 10.4. The number of carbonyl (C=O) groups is 1. The number of hydrogen-bond acceptors (Lipinski definition) is 3. The third kappa shape index (κ3) is 4.59. The number of hydrogen-bond donors (Lipinski definition) is 1. The van der Waals surface area contributed by atoms with E-state index < -0.39 is 28.3 Å². The zero-order chi connectivity index (χ0) is 23.6. The summed E-state index contributed by atoms with van der Waals surface area (Å²) in [6.07, 6.45) is 0. The normalized spacial score (nSPS) is 11.4. The Morgan fingerprint density at radius 3 is 2.30 bits per heavy atom. The van der Waals surface area contributed by atoms with Gasteiger partial charge in [0.25, 0.3) is 10.0 Å². The molecule has 168 valence electrons. The molecule has 0 aliphatic heterocycles. The summed E-state index contributed by atoms with van der Waals surface area (Å²) in [4.78, 5) is 13.0. The highest BCUT2D eigenvalue weighted by molar-refractivity contribution is 7.93. The van der Waals surface area contributed by atoms with Crippen molar-refractivity contribution in [3.8, 4) is 0 Å². The second kappa shape index (κ2) is 9.03. The molecule has 5 nitrogen and oxygen atoms in total. The van der Waals surface area contributed by atoms with Gasteiger partial charge < -0.3 is 5.32 Å². The third-order valence-electron chi connectivity index (χ3n) is 5.58. The number of benzene rings is 4. The predicted molar refractivity (Wildman–Crippen MR) is 129 cm³/mol. The summed E-state index contributed by atoms with van der Waals surface area (Å²) >= 11 is 0. The van der Waals surface area contributed by atoms with Crippen molar-refractivity contribution in [1.29, 1.82) is 0 Å². The first-order valence-corrected chi connectivity index (χ1v) is 11.8. The Balaban J connectivity index is 1.79. The van der Waals surface area contributed by atoms with Crippen LogP contribution in [0.2, 0.25) is 0 Å². The molecule has 1 N–H and O–H groups in total. The smallest absolute Gasteiger partial charge is 0.265 e. The minimum absolute atomic E-state index is 0.121. The lowest BCUT2D eigenvalue weighted by Crippen LogP contribution is -2.38. The molecular formula is C26H23FN2O3S. The lowest BCUT2D eigenvalue weighted by molar-refractivity contribution is -0.114. The van der Waals surface area contributed by atoms with Crippen molar-refractivity contribution in [1.82, 2.24) is 0 Å². The summed E-state index contributed by atoms with van der Waals surface area (Å²) < 4.78 is 42.2. The molecule has 33 heavy (non-hydrogen) atoms. The van der Waals surface area contributed by atoms with Crippen molar-refractivity contribution >= 4 is 38.1 Å². The van der Waals surface area contributed by atoms with Crippen LogP contribution in [0.25, 0.3) is 10.8 Å². The van der Waals surface area contributed by atoms with Crippen LogP contribution in [-0.4, -0.2) is 20.9 Å². The van der Waals surface area contributed by atoms with Gasteiger partial charge in [0.1, 0.15) is 12.4 Å². The Bertz CT molecular complexity index is 1430. The lowest BCUT2D eigenvalue weighted by atomic mass is 10.1. The van der Waals surface area contributed by atoms with Crippen molar-refractivity contribution in [2.24, 2.45) is 0 Å². The first-order chi connectivity index (χ1) is 15.8. The van der Waals surface area contributed by atoms with Crippen molar-refractivity contribution < 1.29 is 17.6 Å². The zero-order valence-corrected chi connectivity index (χ0v) is 19.1. The van der Waals surface area contributed by atoms with E-state index >= 15 is 0 Å². The molecule has 0 radical (unpaired) electrons. The molecule has 4 aromatic rings. The fourth-order valence-electron chi connectivity index (χ4n) is 3.71. The molecule has 7 heteroatoms. The maximum atomic E-state index is 13.9. The van der Waals surface area contributed by atoms with E-state index in [0.717, 1.165) is 20.8 Å². The molecule has 0 saturated heterocycles. The highest BCUT2D eigenvalue weighted by Crippen LogP contribution is 2.32. The Hall–Kier alpha value is -3.71. The van der Waals surface area contributed by atoms with E-state index in [-0.39, 0.29) is 4.90 Å². The third-order valence-corrected chi connectivity index (χ3v) is 7.40. The predicted octanol–water partition coefficient (Wildman–Crippen LogP) is 5.43. The summed E-state index contributed by atoms with van der Waals surface area (Å²) in [6.45, 7) is 3.28. The number of nitrogens with zero attached hydrogens (tertiary/aromatic N) is 1. The van der Waals surface area contributed by atoms with Crippen molar-refractivity contribution in [2.75, 3.05) is 16.2 Å². The number of anilines is 2. The molecule has 4 rings (SSSR count). The van der Waals surface area contributed by atoms with Gasteiger partial charge in [-0.25, -0.2) is 12.8 Å². The van der Waals surface area contributed by atoms with Crippen LogP contribution < -0.4 is 9.62 Å². The maximum absolute atomic E-state index is 13.9. The minimum Gasteiger partial charge on any atom is -0.325 e. The quantitative estimate of drug-likeness (QED) is 0.416. The Labute approximate surface area is 192 Å². The molecule has 1 amide bonds. The highest BCUT2D eigenvalue weighted by atomic mass is 32.2. The van der Waals surface area contributed by atoms with E-state index in [9.17, 15) is 17.6 Å². The molecule has 0 aromatic heterocycles. The number of carbonyl (C=O) groups excluding carboxylic acids is 1. The summed E-state index contributed by atoms with van der Waals surface area (Å²) in [5, 5.41) is 4.02. The van der Waals surface area contributed by atoms with Crippen molar-refractivity contribution in [2.45, 2.75) is 18.7 Å². The van der Waals surface area contributed by atoms with Gasteiger partial charge in [0.15, 0.2) is 0 Å². The molecule has 0 spiro atoms. The minimum atomic E-state index is -4.10. The average molecular weight is 463 g/mol. The van der Waals surface area contributed by atoms with Crippen LogP contribution in [0.3, 0.4) is 0 Å². The van der Waals surface area contributed by atoms with Gasteiger partial charge in [-0.15, -0.1) is 0 Å². The van der Waals surface area contributed by atoms with Crippen LogP contribution in [0, 0.1) is 19.7 Å². The number of sulfonamides is 1. The topological polar surface area (TPSA) is 66.5 Å². The number of aryl methyl sites for hydroxylation is 1. The monoisotopic (exact) mass is 462 g/mol. The summed E-state index contributed by atoms with van der Waals surface area (Å²) in [6, 6.07) is 23.0. The van der Waals surface area contributed by atoms with Crippen LogP contribution in [0.15, 0.2) is 89.8 Å². The molecule has 0 unspecified atom stereocenters. The van der Waals surface area contributed by atoms with Crippen LogP contribution in [0.1, 0.15) is 11.1 Å². The molecule has 0 fully saturated rings. The first kappa shape index (κ1) is 22.5. The number of rotatable bonds is 6. The summed E-state index contributed by atoms with van der Waals surface area (Å²) in [7, 11) is -4.10. The van der Waals surface area contributed by atoms with E-state index in [1.165, 1.54) is 24.3 Å². The Kier molecular flexibility index (Phi) is 6.16. The van der Waals surface area contributed by atoms with Crippen molar-refractivity contribution in [3.05, 3.63) is 102 Å². The van der Waals surface area contributed by atoms with Crippen LogP contribution in [-0.2, 0) is 14.8 Å². The summed E-state index contributed by atoms with van der Waals surface area (Å²) in [5.41, 5.74) is 2.47. The molecule has 0 saturated carbocycles. The fourth-order valence-corrected chi connectivity index (χ4v) is 5.40. The van der Waals surface area contributed by atoms with E-state index in [1.807, 2.05) is 38.1 Å². The Morgan fingerprint density at radius 2 is 1.55 bits per heavy atom. The average Bonchev–Trinajstić information content (AvgIpc) is 2.80. The second-order valence-corrected chi connectivity index (χ2v) is 9.59. The maximum Gasteiger partial charge on any atom is 0.265 e. The van der Waals surface area contributed by atoms with E-state index in [0.29, 0.717) is 16.8 Å². The molecule has 0 aliphatic rings. The molecule has 0 bridgehead atoms. The van der Waals surface area contributed by atoms with E-state index in [4.69, 9.17) is 0 Å². The van der Waals surface area contributed by atoms with Gasteiger partial charge in [-0.05, 0) is 66.8 Å².